The lowest BCUT2D eigenvalue weighted by Gasteiger charge is -2.30. The van der Waals surface area contributed by atoms with E-state index >= 15 is 0 Å². The first-order chi connectivity index (χ1) is 11.3. The molecule has 0 bridgehead atoms. The summed E-state index contributed by atoms with van der Waals surface area (Å²) >= 11 is 0. The van der Waals surface area contributed by atoms with Crippen molar-refractivity contribution in [3.05, 3.63) is 59.4 Å². The van der Waals surface area contributed by atoms with Crippen LogP contribution in [0.1, 0.15) is 55.6 Å². The van der Waals surface area contributed by atoms with E-state index in [1.54, 1.807) is 6.07 Å². The highest BCUT2D eigenvalue weighted by Crippen LogP contribution is 2.31. The summed E-state index contributed by atoms with van der Waals surface area (Å²) in [4.78, 5) is 11.3. The van der Waals surface area contributed by atoms with E-state index in [2.05, 4.69) is 21.8 Å². The zero-order chi connectivity index (χ0) is 16.1. The largest absolute Gasteiger partial charge is 0.292 e. The third-order valence-electron chi connectivity index (χ3n) is 4.56. The maximum atomic E-state index is 13.6. The van der Waals surface area contributed by atoms with E-state index in [1.807, 2.05) is 24.5 Å². The first kappa shape index (κ1) is 16.1. The molecule has 0 amide bonds. The predicted octanol–water partition coefficient (Wildman–Crippen LogP) is 4.30. The lowest BCUT2D eigenvalue weighted by Crippen LogP contribution is -2.28. The van der Waals surface area contributed by atoms with Gasteiger partial charge >= 0.3 is 0 Å². The first-order valence-electron chi connectivity index (χ1n) is 8.55. The Bertz CT molecular complexity index is 627. The van der Waals surface area contributed by atoms with E-state index in [1.165, 1.54) is 25.3 Å². The van der Waals surface area contributed by atoms with Crippen LogP contribution in [0.25, 0.3) is 0 Å². The Labute approximate surface area is 137 Å². The van der Waals surface area contributed by atoms with Gasteiger partial charge in [-0.05, 0) is 37.1 Å². The number of halogens is 1. The zero-order valence-corrected chi connectivity index (χ0v) is 13.7. The van der Waals surface area contributed by atoms with Gasteiger partial charge in [0, 0.05) is 37.0 Å². The van der Waals surface area contributed by atoms with Crippen molar-refractivity contribution < 1.29 is 4.39 Å². The number of hydrogen-bond acceptors (Lipinski definition) is 3. The summed E-state index contributed by atoms with van der Waals surface area (Å²) in [5.41, 5.74) is 2.21. The maximum Gasteiger partial charge on any atom is 0.127 e. The average molecular weight is 313 g/mol. The van der Waals surface area contributed by atoms with Crippen LogP contribution in [0.4, 0.5) is 4.39 Å². The van der Waals surface area contributed by atoms with Crippen molar-refractivity contribution in [2.24, 2.45) is 0 Å². The van der Waals surface area contributed by atoms with Crippen molar-refractivity contribution in [2.75, 3.05) is 6.54 Å². The van der Waals surface area contributed by atoms with Crippen LogP contribution in [0.2, 0.25) is 0 Å². The number of aromatic nitrogens is 2. The van der Waals surface area contributed by atoms with E-state index in [-0.39, 0.29) is 11.9 Å². The summed E-state index contributed by atoms with van der Waals surface area (Å²) in [6.45, 7) is 3.92. The molecule has 122 valence electrons. The Balaban J connectivity index is 1.80. The van der Waals surface area contributed by atoms with Crippen LogP contribution in [0.15, 0.2) is 36.7 Å². The second-order valence-electron chi connectivity index (χ2n) is 6.25. The molecule has 0 radical (unpaired) electrons. The number of hydrogen-bond donors (Lipinski definition) is 0. The molecule has 3 rings (SSSR count). The molecule has 1 aliphatic heterocycles. The summed E-state index contributed by atoms with van der Waals surface area (Å²) in [5.74, 6) is 0.730. The minimum absolute atomic E-state index is 0.151. The van der Waals surface area contributed by atoms with Crippen LogP contribution in [-0.2, 0) is 13.0 Å². The van der Waals surface area contributed by atoms with Gasteiger partial charge in [-0.25, -0.2) is 14.4 Å². The van der Waals surface area contributed by atoms with Gasteiger partial charge < -0.3 is 0 Å². The Morgan fingerprint density at radius 3 is 2.74 bits per heavy atom. The van der Waals surface area contributed by atoms with Crippen molar-refractivity contribution in [3.8, 4) is 0 Å². The van der Waals surface area contributed by atoms with Crippen LogP contribution in [0.3, 0.4) is 0 Å². The molecular formula is C19H24FN3. The molecule has 0 aliphatic carbocycles. The molecule has 1 atom stereocenters. The van der Waals surface area contributed by atoms with Crippen LogP contribution in [0.5, 0.6) is 0 Å². The Morgan fingerprint density at radius 2 is 2.00 bits per heavy atom. The highest BCUT2D eigenvalue weighted by atomic mass is 19.1. The molecule has 1 aliphatic rings. The number of benzene rings is 1. The highest BCUT2D eigenvalue weighted by Gasteiger charge is 2.23. The van der Waals surface area contributed by atoms with Crippen LogP contribution >= 0.6 is 0 Å². The third-order valence-corrected chi connectivity index (χ3v) is 4.56. The second kappa shape index (κ2) is 7.64. The number of aryl methyl sites for hydroxylation is 1. The lowest BCUT2D eigenvalue weighted by molar-refractivity contribution is 0.191. The van der Waals surface area contributed by atoms with E-state index in [9.17, 15) is 4.39 Å². The second-order valence-corrected chi connectivity index (χ2v) is 6.25. The molecule has 0 spiro atoms. The van der Waals surface area contributed by atoms with Crippen LogP contribution < -0.4 is 0 Å². The zero-order valence-electron chi connectivity index (χ0n) is 13.7. The van der Waals surface area contributed by atoms with Gasteiger partial charge in [-0.3, -0.25) is 4.90 Å². The normalized spacial score (nSPS) is 19.5. The Kier molecular flexibility index (Phi) is 5.34. The standard InChI is InChI=1S/C19H24FN3/c1-2-19-21-12-15(13-22-19)14-23-10-5-3-4-9-18(23)16-7-6-8-17(20)11-16/h6-8,11-13,18H,2-5,9-10,14H2,1H3. The van der Waals surface area contributed by atoms with Gasteiger partial charge in [-0.1, -0.05) is 31.9 Å². The molecule has 0 N–H and O–H groups in total. The van der Waals surface area contributed by atoms with E-state index < -0.39 is 0 Å². The average Bonchev–Trinajstić information content (AvgIpc) is 2.81. The van der Waals surface area contributed by atoms with Gasteiger partial charge in [-0.15, -0.1) is 0 Å². The fraction of sp³-hybridized carbons (Fsp3) is 0.474. The van der Waals surface area contributed by atoms with Gasteiger partial charge in [0.1, 0.15) is 11.6 Å². The van der Waals surface area contributed by atoms with Crippen molar-refractivity contribution in [3.63, 3.8) is 0 Å². The first-order valence-corrected chi connectivity index (χ1v) is 8.55. The quantitative estimate of drug-likeness (QED) is 0.843. The summed E-state index contributed by atoms with van der Waals surface area (Å²) in [6, 6.07) is 7.33. The van der Waals surface area contributed by atoms with E-state index in [0.29, 0.717) is 0 Å². The third kappa shape index (κ3) is 4.14. The fourth-order valence-corrected chi connectivity index (χ4v) is 3.33. The molecule has 4 heteroatoms. The van der Waals surface area contributed by atoms with Crippen LogP contribution in [-0.4, -0.2) is 21.4 Å². The molecule has 1 unspecified atom stereocenters. The Morgan fingerprint density at radius 1 is 1.17 bits per heavy atom. The molecule has 1 aromatic carbocycles. The van der Waals surface area contributed by atoms with Gasteiger partial charge in [0.2, 0.25) is 0 Å². The van der Waals surface area contributed by atoms with Crippen molar-refractivity contribution in [1.29, 1.82) is 0 Å². The van der Waals surface area contributed by atoms with Crippen molar-refractivity contribution >= 4 is 0 Å². The predicted molar refractivity (Wildman–Crippen MR) is 89.4 cm³/mol. The molecule has 23 heavy (non-hydrogen) atoms. The molecule has 1 fully saturated rings. The molecule has 1 saturated heterocycles. The van der Waals surface area contributed by atoms with Crippen molar-refractivity contribution in [1.82, 2.24) is 14.9 Å². The smallest absolute Gasteiger partial charge is 0.127 e. The highest BCUT2D eigenvalue weighted by molar-refractivity contribution is 5.21. The molecular weight excluding hydrogens is 289 g/mol. The SMILES string of the molecule is CCc1ncc(CN2CCCCCC2c2cccc(F)c2)cn1. The van der Waals surface area contributed by atoms with Gasteiger partial charge in [0.25, 0.3) is 0 Å². The number of likely N-dealkylation sites (tertiary alicyclic amines) is 1. The van der Waals surface area contributed by atoms with E-state index in [0.717, 1.165) is 42.9 Å². The topological polar surface area (TPSA) is 29.0 Å². The summed E-state index contributed by atoms with van der Waals surface area (Å²) in [7, 11) is 0. The fourth-order valence-electron chi connectivity index (χ4n) is 3.33. The molecule has 1 aromatic heterocycles. The number of rotatable bonds is 4. The van der Waals surface area contributed by atoms with Gasteiger partial charge in [0.05, 0.1) is 0 Å². The van der Waals surface area contributed by atoms with Gasteiger partial charge in [0.15, 0.2) is 0 Å². The van der Waals surface area contributed by atoms with Gasteiger partial charge in [-0.2, -0.15) is 0 Å². The molecule has 2 heterocycles. The Hall–Kier alpha value is -1.81. The monoisotopic (exact) mass is 313 g/mol. The van der Waals surface area contributed by atoms with E-state index in [4.69, 9.17) is 0 Å². The maximum absolute atomic E-state index is 13.6. The molecule has 0 saturated carbocycles. The van der Waals surface area contributed by atoms with Crippen LogP contribution in [0, 0.1) is 5.82 Å². The molecule has 2 aromatic rings. The van der Waals surface area contributed by atoms with Crippen molar-refractivity contribution in [2.45, 2.75) is 51.6 Å². The minimum atomic E-state index is -0.151. The number of nitrogens with zero attached hydrogens (tertiary/aromatic N) is 3. The lowest BCUT2D eigenvalue weighted by atomic mass is 10.0. The summed E-state index contributed by atoms with van der Waals surface area (Å²) in [5, 5.41) is 0. The molecule has 3 nitrogen and oxygen atoms in total. The summed E-state index contributed by atoms with van der Waals surface area (Å²) < 4.78 is 13.6. The minimum Gasteiger partial charge on any atom is -0.292 e. The summed E-state index contributed by atoms with van der Waals surface area (Å²) in [6.07, 6.45) is 9.43.